The molecule has 2 aromatic carbocycles. The Bertz CT molecular complexity index is 1130. The van der Waals surface area contributed by atoms with E-state index in [0.29, 0.717) is 15.1 Å². The van der Waals surface area contributed by atoms with Crippen molar-refractivity contribution in [3.63, 3.8) is 0 Å². The molecule has 0 bridgehead atoms. The van der Waals surface area contributed by atoms with Crippen molar-refractivity contribution in [3.8, 4) is 0 Å². The molecule has 1 saturated carbocycles. The Labute approximate surface area is 210 Å². The van der Waals surface area contributed by atoms with Crippen LogP contribution in [0.15, 0.2) is 48.5 Å². The zero-order valence-corrected chi connectivity index (χ0v) is 21.3. The maximum Gasteiger partial charge on any atom is 0.177 e. The molecule has 1 heterocycles. The van der Waals surface area contributed by atoms with E-state index in [2.05, 4.69) is 47.7 Å². The van der Waals surface area contributed by atoms with Crippen molar-refractivity contribution < 1.29 is 0 Å². The number of nitrogens with one attached hydrogen (secondary N) is 1. The van der Waals surface area contributed by atoms with Gasteiger partial charge in [-0.25, -0.2) is 4.68 Å². The number of benzene rings is 2. The number of anilines is 1. The minimum Gasteiger partial charge on any atom is -0.373 e. The molecule has 8 heteroatoms. The van der Waals surface area contributed by atoms with E-state index in [9.17, 15) is 0 Å². The summed E-state index contributed by atoms with van der Waals surface area (Å²) < 4.78 is 1.97. The van der Waals surface area contributed by atoms with Gasteiger partial charge in [-0.1, -0.05) is 86.6 Å². The first-order chi connectivity index (χ1) is 15.7. The molecular weight excluding hydrogens is 477 g/mol. The maximum atomic E-state index is 6.41. The second-order valence-electron chi connectivity index (χ2n) is 9.70. The van der Waals surface area contributed by atoms with Gasteiger partial charge in [-0.15, -0.1) is 5.10 Å². The van der Waals surface area contributed by atoms with Crippen molar-refractivity contribution in [2.75, 3.05) is 5.32 Å². The Morgan fingerprint density at radius 2 is 1.67 bits per heavy atom. The molecule has 1 aliphatic rings. The van der Waals surface area contributed by atoms with E-state index in [1.807, 2.05) is 47.2 Å². The Hall–Kier alpha value is -2.08. The highest BCUT2D eigenvalue weighted by Gasteiger charge is 2.42. The average molecular weight is 505 g/mol. The lowest BCUT2D eigenvalue weighted by molar-refractivity contribution is 0.254. The van der Waals surface area contributed by atoms with Gasteiger partial charge in [-0.05, 0) is 70.6 Å². The van der Waals surface area contributed by atoms with Crippen molar-refractivity contribution in [2.45, 2.75) is 58.0 Å². The quantitative estimate of drug-likeness (QED) is 0.372. The summed E-state index contributed by atoms with van der Waals surface area (Å²) >= 11 is 18.6. The lowest BCUT2D eigenvalue weighted by Gasteiger charge is -2.34. The summed E-state index contributed by atoms with van der Waals surface area (Å²) in [5, 5.41) is 18.8. The fourth-order valence-corrected chi connectivity index (χ4v) is 5.05. The molecule has 5 nitrogen and oxygen atoms in total. The molecule has 0 saturated heterocycles. The molecule has 4 rings (SSSR count). The first-order valence-corrected chi connectivity index (χ1v) is 12.3. The third-order valence-corrected chi connectivity index (χ3v) is 6.99. The molecule has 0 aliphatic heterocycles. The van der Waals surface area contributed by atoms with Crippen LogP contribution in [-0.2, 0) is 5.54 Å². The average Bonchev–Trinajstić information content (AvgIpc) is 3.41. The number of nitrogens with zero attached hydrogens (tertiary/aromatic N) is 4. The van der Waals surface area contributed by atoms with Gasteiger partial charge in [0, 0.05) is 20.8 Å². The first kappa shape index (κ1) is 24.1. The van der Waals surface area contributed by atoms with E-state index in [1.54, 1.807) is 6.07 Å². The van der Waals surface area contributed by atoms with Crippen LogP contribution >= 0.6 is 34.8 Å². The number of rotatable bonds is 6. The van der Waals surface area contributed by atoms with Crippen LogP contribution in [0.25, 0.3) is 6.08 Å². The largest absolute Gasteiger partial charge is 0.373 e. The molecule has 33 heavy (non-hydrogen) atoms. The monoisotopic (exact) mass is 503 g/mol. The Morgan fingerprint density at radius 3 is 2.30 bits per heavy atom. The van der Waals surface area contributed by atoms with Gasteiger partial charge in [0.25, 0.3) is 0 Å². The minimum atomic E-state index is -0.341. The van der Waals surface area contributed by atoms with Gasteiger partial charge in [0.15, 0.2) is 5.82 Å². The number of hydrogen-bond donors (Lipinski definition) is 1. The first-order valence-electron chi connectivity index (χ1n) is 11.1. The summed E-state index contributed by atoms with van der Waals surface area (Å²) in [5.41, 5.74) is 1.43. The van der Waals surface area contributed by atoms with Crippen molar-refractivity contribution in [1.82, 2.24) is 20.2 Å². The Kier molecular flexibility index (Phi) is 7.04. The third kappa shape index (κ3) is 5.37. The third-order valence-electron chi connectivity index (χ3n) is 6.18. The van der Waals surface area contributed by atoms with Crippen LogP contribution in [0.1, 0.15) is 63.9 Å². The zero-order valence-electron chi connectivity index (χ0n) is 19.0. The number of halogens is 3. The summed E-state index contributed by atoms with van der Waals surface area (Å²) in [6.45, 7) is 6.56. The highest BCUT2D eigenvalue weighted by Crippen LogP contribution is 2.43. The summed E-state index contributed by atoms with van der Waals surface area (Å²) in [5.74, 6) is 0.849. The predicted octanol–water partition coefficient (Wildman–Crippen LogP) is 7.82. The lowest BCUT2D eigenvalue weighted by Crippen LogP contribution is -2.38. The van der Waals surface area contributed by atoms with E-state index < -0.39 is 0 Å². The summed E-state index contributed by atoms with van der Waals surface area (Å²) in [6, 6.07) is 13.2. The van der Waals surface area contributed by atoms with Gasteiger partial charge in [0.05, 0.1) is 11.6 Å². The van der Waals surface area contributed by atoms with Gasteiger partial charge in [-0.2, -0.15) is 0 Å². The summed E-state index contributed by atoms with van der Waals surface area (Å²) in [4.78, 5) is 0. The summed E-state index contributed by atoms with van der Waals surface area (Å²) in [6.07, 6.45) is 8.29. The minimum absolute atomic E-state index is 0.0845. The number of allylic oxidation sites excluding steroid dienone is 1. The molecular formula is C25H28Cl3N5. The fourth-order valence-electron chi connectivity index (χ4n) is 4.46. The normalized spacial score (nSPS) is 16.9. The van der Waals surface area contributed by atoms with Crippen molar-refractivity contribution >= 4 is 46.6 Å². The molecule has 3 aromatic rings. The Balaban J connectivity index is 1.72. The van der Waals surface area contributed by atoms with Crippen LogP contribution in [0.3, 0.4) is 0 Å². The van der Waals surface area contributed by atoms with Gasteiger partial charge in [0.2, 0.25) is 0 Å². The molecule has 174 valence electrons. The highest BCUT2D eigenvalue weighted by molar-refractivity contribution is 6.35. The van der Waals surface area contributed by atoms with Gasteiger partial charge in [0.1, 0.15) is 0 Å². The van der Waals surface area contributed by atoms with Crippen molar-refractivity contribution in [3.05, 3.63) is 75.0 Å². The molecule has 0 spiro atoms. The van der Waals surface area contributed by atoms with E-state index in [-0.39, 0.29) is 17.0 Å². The lowest BCUT2D eigenvalue weighted by atomic mass is 9.85. The second-order valence-corrected chi connectivity index (χ2v) is 11.0. The van der Waals surface area contributed by atoms with Gasteiger partial charge in [-0.3, -0.25) is 0 Å². The van der Waals surface area contributed by atoms with Crippen LogP contribution in [0.2, 0.25) is 15.1 Å². The van der Waals surface area contributed by atoms with Crippen LogP contribution in [0.5, 0.6) is 0 Å². The van der Waals surface area contributed by atoms with Gasteiger partial charge >= 0.3 is 0 Å². The van der Waals surface area contributed by atoms with Crippen molar-refractivity contribution in [2.24, 2.45) is 5.41 Å². The van der Waals surface area contributed by atoms with Crippen LogP contribution in [-0.4, -0.2) is 20.2 Å². The number of aromatic nitrogens is 4. The maximum absolute atomic E-state index is 6.41. The van der Waals surface area contributed by atoms with E-state index in [4.69, 9.17) is 34.8 Å². The summed E-state index contributed by atoms with van der Waals surface area (Å²) in [7, 11) is 0. The van der Waals surface area contributed by atoms with Crippen LogP contribution in [0, 0.1) is 5.41 Å². The molecule has 1 fully saturated rings. The number of hydrogen-bond acceptors (Lipinski definition) is 4. The smallest absolute Gasteiger partial charge is 0.177 e. The SMILES string of the molecule is CC(C)(C)C(/C=C/c1ccc(Cl)cc1Cl)n1nnnc1C1(Nc2ccc(Cl)cc2)CCCC1. The van der Waals surface area contributed by atoms with Crippen molar-refractivity contribution in [1.29, 1.82) is 0 Å². The molecule has 1 aliphatic carbocycles. The fraction of sp³-hybridized carbons (Fsp3) is 0.400. The molecule has 1 atom stereocenters. The number of tetrazole rings is 1. The predicted molar refractivity (Wildman–Crippen MR) is 137 cm³/mol. The van der Waals surface area contributed by atoms with Crippen LogP contribution in [0.4, 0.5) is 5.69 Å². The molecule has 1 N–H and O–H groups in total. The van der Waals surface area contributed by atoms with E-state index >= 15 is 0 Å². The second kappa shape index (κ2) is 9.65. The molecule has 0 amide bonds. The van der Waals surface area contributed by atoms with E-state index in [1.165, 1.54) is 0 Å². The van der Waals surface area contributed by atoms with Crippen LogP contribution < -0.4 is 5.32 Å². The van der Waals surface area contributed by atoms with Gasteiger partial charge < -0.3 is 5.32 Å². The molecule has 0 radical (unpaired) electrons. The highest BCUT2D eigenvalue weighted by atomic mass is 35.5. The Morgan fingerprint density at radius 1 is 1.00 bits per heavy atom. The molecule has 1 aromatic heterocycles. The zero-order chi connectivity index (χ0) is 23.6. The topological polar surface area (TPSA) is 55.6 Å². The van der Waals surface area contributed by atoms with E-state index in [0.717, 1.165) is 42.8 Å². The molecule has 1 unspecified atom stereocenters. The standard InChI is InChI=1S/C25H28Cl3N5/c1-24(2,3)22(13-7-17-6-8-19(27)16-21(17)28)33-23(30-31-32-33)25(14-4-5-15-25)29-20-11-9-18(26)10-12-20/h6-13,16,22,29H,4-5,14-15H2,1-3H3/b13-7+.